The number of rotatable bonds is 3. The molecule has 0 spiro atoms. The summed E-state index contributed by atoms with van der Waals surface area (Å²) in [6.07, 6.45) is 4.10. The Morgan fingerprint density at radius 3 is 2.91 bits per heavy atom. The first-order valence-electron chi connectivity index (χ1n) is 8.30. The van der Waals surface area contributed by atoms with Gasteiger partial charge in [-0.2, -0.15) is 5.10 Å². The number of hydroxylamine groups is 2. The number of nitrogens with zero attached hydrogens (tertiary/aromatic N) is 4. The third-order valence-corrected chi connectivity index (χ3v) is 4.26. The molecule has 0 aliphatic carbocycles. The third kappa shape index (κ3) is 3.39. The van der Waals surface area contributed by atoms with E-state index in [1.165, 1.54) is 5.06 Å². The summed E-state index contributed by atoms with van der Waals surface area (Å²) in [5, 5.41) is 5.72. The largest absolute Gasteiger partial charge is 0.334 e. The van der Waals surface area contributed by atoms with E-state index in [9.17, 15) is 9.59 Å². The van der Waals surface area contributed by atoms with Crippen molar-refractivity contribution >= 4 is 11.8 Å². The fraction of sp³-hybridized carbons (Fsp3) is 0.688. The second kappa shape index (κ2) is 6.70. The highest BCUT2D eigenvalue weighted by molar-refractivity contribution is 5.82. The third-order valence-electron chi connectivity index (χ3n) is 4.26. The van der Waals surface area contributed by atoms with Gasteiger partial charge in [0.05, 0.1) is 25.4 Å². The van der Waals surface area contributed by atoms with Gasteiger partial charge in [-0.15, -0.1) is 0 Å². The summed E-state index contributed by atoms with van der Waals surface area (Å²) in [5.74, 6) is 0.274. The van der Waals surface area contributed by atoms with E-state index in [2.05, 4.69) is 5.10 Å². The summed E-state index contributed by atoms with van der Waals surface area (Å²) in [7, 11) is 0. The monoisotopic (exact) mass is 320 g/mol. The second-order valence-corrected chi connectivity index (χ2v) is 6.64. The van der Waals surface area contributed by atoms with Crippen molar-refractivity contribution in [3.63, 3.8) is 0 Å². The molecule has 2 aliphatic heterocycles. The lowest BCUT2D eigenvalue weighted by molar-refractivity contribution is -0.201. The molecule has 2 aliphatic rings. The molecule has 0 N–H and O–H groups in total. The molecule has 7 heteroatoms. The quantitative estimate of drug-likeness (QED) is 0.843. The first kappa shape index (κ1) is 16.0. The normalized spacial score (nSPS) is 21.4. The molecule has 3 heterocycles. The highest BCUT2D eigenvalue weighted by Gasteiger charge is 2.36. The Bertz CT molecular complexity index is 578. The van der Waals surface area contributed by atoms with E-state index in [0.717, 1.165) is 18.5 Å². The minimum absolute atomic E-state index is 0.0878. The van der Waals surface area contributed by atoms with Gasteiger partial charge >= 0.3 is 0 Å². The Kier molecular flexibility index (Phi) is 4.66. The molecule has 0 aromatic carbocycles. The number of carbonyl (C=O) groups is 2. The van der Waals surface area contributed by atoms with Crippen LogP contribution in [0.3, 0.4) is 0 Å². The molecule has 1 aromatic rings. The molecular formula is C16H24N4O3. The standard InChI is InChI=1S/C16H24N4O3/c1-12(2)9-15(21)18-10-13-5-6-17-20(13)14(11-18)16(22)19-7-3-4-8-23-19/h5-6,12,14H,3-4,7-11H2,1-2H3/t14-/m1/s1. The minimum Gasteiger partial charge on any atom is -0.334 e. The summed E-state index contributed by atoms with van der Waals surface area (Å²) < 4.78 is 1.74. The molecular weight excluding hydrogens is 296 g/mol. The molecule has 1 fully saturated rings. The summed E-state index contributed by atoms with van der Waals surface area (Å²) in [5.41, 5.74) is 0.892. The van der Waals surface area contributed by atoms with Gasteiger partial charge in [-0.1, -0.05) is 13.8 Å². The van der Waals surface area contributed by atoms with Gasteiger partial charge in [0.1, 0.15) is 0 Å². The predicted octanol–water partition coefficient (Wildman–Crippen LogP) is 1.37. The van der Waals surface area contributed by atoms with Crippen molar-refractivity contribution in [2.75, 3.05) is 19.7 Å². The van der Waals surface area contributed by atoms with Gasteiger partial charge in [0.15, 0.2) is 6.04 Å². The van der Waals surface area contributed by atoms with Crippen LogP contribution in [0.25, 0.3) is 0 Å². The molecule has 1 atom stereocenters. The van der Waals surface area contributed by atoms with Crippen LogP contribution >= 0.6 is 0 Å². The van der Waals surface area contributed by atoms with Crippen molar-refractivity contribution in [3.8, 4) is 0 Å². The van der Waals surface area contributed by atoms with Gasteiger partial charge in [0, 0.05) is 19.2 Å². The molecule has 126 valence electrons. The van der Waals surface area contributed by atoms with Crippen LogP contribution in [0.4, 0.5) is 0 Å². The van der Waals surface area contributed by atoms with Crippen molar-refractivity contribution in [2.24, 2.45) is 5.92 Å². The average Bonchev–Trinajstić information content (AvgIpc) is 3.02. The maximum Gasteiger partial charge on any atom is 0.272 e. The summed E-state index contributed by atoms with van der Waals surface area (Å²) >= 11 is 0. The molecule has 0 radical (unpaired) electrons. The van der Waals surface area contributed by atoms with Crippen LogP contribution in [-0.2, 0) is 21.0 Å². The van der Waals surface area contributed by atoms with Crippen molar-refractivity contribution < 1.29 is 14.4 Å². The first-order valence-corrected chi connectivity index (χ1v) is 8.30. The Hall–Kier alpha value is -1.89. The maximum absolute atomic E-state index is 12.8. The lowest BCUT2D eigenvalue weighted by Crippen LogP contribution is -2.49. The Labute approximate surface area is 136 Å². The average molecular weight is 320 g/mol. The lowest BCUT2D eigenvalue weighted by atomic mass is 10.1. The van der Waals surface area contributed by atoms with Crippen molar-refractivity contribution in [1.82, 2.24) is 19.7 Å². The zero-order valence-corrected chi connectivity index (χ0v) is 13.8. The number of hydrogen-bond donors (Lipinski definition) is 0. The van der Waals surface area contributed by atoms with Crippen LogP contribution < -0.4 is 0 Å². The zero-order chi connectivity index (χ0) is 16.4. The first-order chi connectivity index (χ1) is 11.1. The Morgan fingerprint density at radius 1 is 1.39 bits per heavy atom. The molecule has 3 rings (SSSR count). The fourth-order valence-corrected chi connectivity index (χ4v) is 3.08. The second-order valence-electron chi connectivity index (χ2n) is 6.64. The van der Waals surface area contributed by atoms with Crippen LogP contribution in [0.1, 0.15) is 44.8 Å². The van der Waals surface area contributed by atoms with Crippen molar-refractivity contribution in [1.29, 1.82) is 0 Å². The van der Waals surface area contributed by atoms with Gasteiger partial charge in [-0.3, -0.25) is 19.1 Å². The van der Waals surface area contributed by atoms with Gasteiger partial charge in [0.25, 0.3) is 5.91 Å². The smallest absolute Gasteiger partial charge is 0.272 e. The van der Waals surface area contributed by atoms with E-state index in [1.807, 2.05) is 19.9 Å². The van der Waals surface area contributed by atoms with Gasteiger partial charge < -0.3 is 4.90 Å². The zero-order valence-electron chi connectivity index (χ0n) is 13.8. The number of carbonyl (C=O) groups excluding carboxylic acids is 2. The molecule has 0 unspecified atom stereocenters. The number of amides is 2. The molecule has 0 bridgehead atoms. The number of fused-ring (bicyclic) bond motifs is 1. The number of aromatic nitrogens is 2. The molecule has 0 saturated carbocycles. The summed E-state index contributed by atoms with van der Waals surface area (Å²) in [6, 6.07) is 1.37. The van der Waals surface area contributed by atoms with E-state index < -0.39 is 6.04 Å². The SMILES string of the molecule is CC(C)CC(=O)N1Cc2ccnn2[C@@H](C(=O)N2CCCCO2)C1. The fourth-order valence-electron chi connectivity index (χ4n) is 3.08. The predicted molar refractivity (Wildman–Crippen MR) is 83.0 cm³/mol. The summed E-state index contributed by atoms with van der Waals surface area (Å²) in [4.78, 5) is 32.5. The van der Waals surface area contributed by atoms with E-state index in [-0.39, 0.29) is 11.8 Å². The Morgan fingerprint density at radius 2 is 2.22 bits per heavy atom. The highest BCUT2D eigenvalue weighted by atomic mass is 16.7. The molecule has 23 heavy (non-hydrogen) atoms. The van der Waals surface area contributed by atoms with Gasteiger partial charge in [-0.25, -0.2) is 5.06 Å². The maximum atomic E-state index is 12.8. The molecule has 7 nitrogen and oxygen atoms in total. The van der Waals surface area contributed by atoms with Gasteiger partial charge in [0.2, 0.25) is 5.91 Å². The van der Waals surface area contributed by atoms with Crippen molar-refractivity contribution in [3.05, 3.63) is 18.0 Å². The highest BCUT2D eigenvalue weighted by Crippen LogP contribution is 2.24. The van der Waals surface area contributed by atoms with Crippen LogP contribution in [-0.4, -0.2) is 51.3 Å². The number of hydrogen-bond acceptors (Lipinski definition) is 4. The molecule has 1 aromatic heterocycles. The lowest BCUT2D eigenvalue weighted by Gasteiger charge is -2.36. The van der Waals surface area contributed by atoms with E-state index >= 15 is 0 Å². The van der Waals surface area contributed by atoms with E-state index in [0.29, 0.717) is 38.6 Å². The van der Waals surface area contributed by atoms with E-state index in [1.54, 1.807) is 15.8 Å². The van der Waals surface area contributed by atoms with Crippen LogP contribution in [0.5, 0.6) is 0 Å². The van der Waals surface area contributed by atoms with Crippen molar-refractivity contribution in [2.45, 2.75) is 45.7 Å². The minimum atomic E-state index is -0.497. The van der Waals surface area contributed by atoms with E-state index in [4.69, 9.17) is 4.84 Å². The van der Waals surface area contributed by atoms with Crippen LogP contribution in [0.2, 0.25) is 0 Å². The molecule has 1 saturated heterocycles. The summed E-state index contributed by atoms with van der Waals surface area (Å²) in [6.45, 7) is 6.09. The molecule has 2 amide bonds. The van der Waals surface area contributed by atoms with Gasteiger partial charge in [-0.05, 0) is 24.8 Å². The van der Waals surface area contributed by atoms with Crippen LogP contribution in [0.15, 0.2) is 12.3 Å². The Balaban J connectivity index is 1.78. The topological polar surface area (TPSA) is 67.7 Å². The van der Waals surface area contributed by atoms with Crippen LogP contribution in [0, 0.1) is 5.92 Å².